The zero-order valence-electron chi connectivity index (χ0n) is 10.7. The number of hydrogen-bond donors (Lipinski definition) is 1. The highest BCUT2D eigenvalue weighted by atomic mass is 16.5. The maximum absolute atomic E-state index is 10.2. The molecule has 1 unspecified atom stereocenters. The minimum atomic E-state index is -0.473. The Hall–Kier alpha value is -0.120. The molecule has 1 atom stereocenters. The average molecular weight is 230 g/mol. The summed E-state index contributed by atoms with van der Waals surface area (Å²) in [6, 6.07) is 0. The van der Waals surface area contributed by atoms with E-state index in [1.807, 2.05) is 6.92 Å². The van der Waals surface area contributed by atoms with Crippen molar-refractivity contribution in [3.05, 3.63) is 0 Å². The van der Waals surface area contributed by atoms with E-state index in [0.717, 1.165) is 38.7 Å². The van der Waals surface area contributed by atoms with Gasteiger partial charge in [-0.2, -0.15) is 0 Å². The van der Waals surface area contributed by atoms with E-state index in [1.165, 1.54) is 6.42 Å². The Labute approximate surface area is 99.1 Å². The molecule has 0 bridgehead atoms. The van der Waals surface area contributed by atoms with Gasteiger partial charge in [-0.15, -0.1) is 0 Å². The van der Waals surface area contributed by atoms with Crippen molar-refractivity contribution in [2.24, 2.45) is 0 Å². The van der Waals surface area contributed by atoms with Crippen LogP contribution in [0.1, 0.15) is 52.4 Å². The molecule has 1 rings (SSSR count). The summed E-state index contributed by atoms with van der Waals surface area (Å²) in [6.45, 7) is 5.87. The Morgan fingerprint density at radius 2 is 1.88 bits per heavy atom. The second-order valence-electron chi connectivity index (χ2n) is 4.65. The first-order valence-electron chi connectivity index (χ1n) is 6.65. The van der Waals surface area contributed by atoms with Gasteiger partial charge < -0.3 is 14.6 Å². The molecule has 1 aliphatic rings. The van der Waals surface area contributed by atoms with Crippen LogP contribution in [0.3, 0.4) is 0 Å². The Balaban J connectivity index is 2.46. The van der Waals surface area contributed by atoms with Crippen molar-refractivity contribution >= 4 is 0 Å². The van der Waals surface area contributed by atoms with Crippen molar-refractivity contribution in [1.82, 2.24) is 0 Å². The molecule has 0 aliphatic heterocycles. The number of aliphatic hydroxyl groups is 1. The lowest BCUT2D eigenvalue weighted by atomic mass is 9.80. The van der Waals surface area contributed by atoms with E-state index in [9.17, 15) is 5.11 Å². The smallest absolute Gasteiger partial charge is 0.106 e. The Morgan fingerprint density at radius 3 is 2.44 bits per heavy atom. The van der Waals surface area contributed by atoms with Crippen molar-refractivity contribution in [3.63, 3.8) is 0 Å². The molecule has 1 N–H and O–H groups in total. The summed E-state index contributed by atoms with van der Waals surface area (Å²) < 4.78 is 11.3. The summed E-state index contributed by atoms with van der Waals surface area (Å²) >= 11 is 0. The van der Waals surface area contributed by atoms with Crippen LogP contribution in [-0.4, -0.2) is 36.6 Å². The van der Waals surface area contributed by atoms with Crippen LogP contribution in [0, 0.1) is 0 Å². The van der Waals surface area contributed by atoms with Gasteiger partial charge in [-0.3, -0.25) is 0 Å². The van der Waals surface area contributed by atoms with Crippen molar-refractivity contribution in [2.45, 2.75) is 64.1 Å². The molecule has 0 aromatic carbocycles. The van der Waals surface area contributed by atoms with Gasteiger partial charge in [-0.05, 0) is 26.2 Å². The van der Waals surface area contributed by atoms with Crippen LogP contribution >= 0.6 is 0 Å². The lowest BCUT2D eigenvalue weighted by Crippen LogP contribution is -2.48. The molecule has 16 heavy (non-hydrogen) atoms. The summed E-state index contributed by atoms with van der Waals surface area (Å²) in [6.07, 6.45) is 6.04. The van der Waals surface area contributed by atoms with Crippen LogP contribution in [0.2, 0.25) is 0 Å². The summed E-state index contributed by atoms with van der Waals surface area (Å²) in [4.78, 5) is 0. The van der Waals surface area contributed by atoms with Crippen molar-refractivity contribution in [1.29, 1.82) is 0 Å². The summed E-state index contributed by atoms with van der Waals surface area (Å²) in [7, 11) is 0. The largest absolute Gasteiger partial charge is 0.388 e. The van der Waals surface area contributed by atoms with E-state index in [-0.39, 0.29) is 5.60 Å². The standard InChI is InChI=1S/C13H26O3/c1-3-10-15-11-12(14)13(16-4-2)8-6-5-7-9-13/h12,14H,3-11H2,1-2H3. The number of ether oxygens (including phenoxy) is 2. The molecule has 0 heterocycles. The Bertz CT molecular complexity index is 171. The molecule has 0 spiro atoms. The normalized spacial score (nSPS) is 21.9. The van der Waals surface area contributed by atoms with Gasteiger partial charge in [0.05, 0.1) is 12.2 Å². The number of aliphatic hydroxyl groups excluding tert-OH is 1. The molecule has 1 aliphatic carbocycles. The van der Waals surface area contributed by atoms with E-state index in [0.29, 0.717) is 13.2 Å². The fourth-order valence-electron chi connectivity index (χ4n) is 2.50. The molecule has 1 fully saturated rings. The fraction of sp³-hybridized carbons (Fsp3) is 1.00. The molecule has 3 heteroatoms. The van der Waals surface area contributed by atoms with Gasteiger partial charge in [-0.1, -0.05) is 26.2 Å². The fourth-order valence-corrected chi connectivity index (χ4v) is 2.50. The van der Waals surface area contributed by atoms with E-state index in [1.54, 1.807) is 0 Å². The van der Waals surface area contributed by atoms with Crippen molar-refractivity contribution < 1.29 is 14.6 Å². The second-order valence-corrected chi connectivity index (χ2v) is 4.65. The quantitative estimate of drug-likeness (QED) is 0.683. The van der Waals surface area contributed by atoms with E-state index >= 15 is 0 Å². The van der Waals surface area contributed by atoms with Crippen molar-refractivity contribution in [3.8, 4) is 0 Å². The molecule has 1 saturated carbocycles. The molecule has 0 radical (unpaired) electrons. The predicted molar refractivity (Wildman–Crippen MR) is 64.6 cm³/mol. The third kappa shape index (κ3) is 3.72. The topological polar surface area (TPSA) is 38.7 Å². The highest BCUT2D eigenvalue weighted by Gasteiger charge is 2.39. The van der Waals surface area contributed by atoms with Crippen LogP contribution in [0.15, 0.2) is 0 Å². The minimum Gasteiger partial charge on any atom is -0.388 e. The molecule has 0 aromatic heterocycles. The van der Waals surface area contributed by atoms with Gasteiger partial charge in [0.2, 0.25) is 0 Å². The van der Waals surface area contributed by atoms with Gasteiger partial charge >= 0.3 is 0 Å². The molecule has 0 amide bonds. The highest BCUT2D eigenvalue weighted by Crippen LogP contribution is 2.34. The van der Waals surface area contributed by atoms with Crippen LogP contribution in [-0.2, 0) is 9.47 Å². The molecular weight excluding hydrogens is 204 g/mol. The molecule has 0 saturated heterocycles. The number of hydrogen-bond acceptors (Lipinski definition) is 3. The lowest BCUT2D eigenvalue weighted by molar-refractivity contribution is -0.157. The summed E-state index contributed by atoms with van der Waals surface area (Å²) in [5, 5.41) is 10.2. The third-order valence-electron chi connectivity index (χ3n) is 3.36. The van der Waals surface area contributed by atoms with Gasteiger partial charge in [0, 0.05) is 13.2 Å². The Kier molecular flexibility index (Phi) is 6.32. The average Bonchev–Trinajstić information content (AvgIpc) is 2.31. The first kappa shape index (κ1) is 13.9. The monoisotopic (exact) mass is 230 g/mol. The van der Waals surface area contributed by atoms with Gasteiger partial charge in [0.15, 0.2) is 0 Å². The zero-order valence-corrected chi connectivity index (χ0v) is 10.7. The second kappa shape index (κ2) is 7.25. The minimum absolute atomic E-state index is 0.333. The van der Waals surface area contributed by atoms with E-state index < -0.39 is 6.10 Å². The molecule has 3 nitrogen and oxygen atoms in total. The van der Waals surface area contributed by atoms with Crippen LogP contribution < -0.4 is 0 Å². The van der Waals surface area contributed by atoms with E-state index in [2.05, 4.69) is 6.92 Å². The van der Waals surface area contributed by atoms with Crippen LogP contribution in [0.5, 0.6) is 0 Å². The SMILES string of the molecule is CCCOCC(O)C1(OCC)CCCCC1. The zero-order chi connectivity index (χ0) is 11.9. The van der Waals surface area contributed by atoms with Crippen LogP contribution in [0.25, 0.3) is 0 Å². The first-order valence-corrected chi connectivity index (χ1v) is 6.65. The predicted octanol–water partition coefficient (Wildman–Crippen LogP) is 2.51. The van der Waals surface area contributed by atoms with Crippen molar-refractivity contribution in [2.75, 3.05) is 19.8 Å². The number of rotatable bonds is 7. The van der Waals surface area contributed by atoms with E-state index in [4.69, 9.17) is 9.47 Å². The Morgan fingerprint density at radius 1 is 1.19 bits per heavy atom. The third-order valence-corrected chi connectivity index (χ3v) is 3.36. The molecular formula is C13H26O3. The molecule has 0 aromatic rings. The van der Waals surface area contributed by atoms with Gasteiger partial charge in [0.25, 0.3) is 0 Å². The first-order chi connectivity index (χ1) is 7.75. The highest BCUT2D eigenvalue weighted by molar-refractivity contribution is 4.91. The van der Waals surface area contributed by atoms with Crippen LogP contribution in [0.4, 0.5) is 0 Å². The van der Waals surface area contributed by atoms with Gasteiger partial charge in [-0.25, -0.2) is 0 Å². The maximum atomic E-state index is 10.2. The summed E-state index contributed by atoms with van der Waals surface area (Å²) in [5.41, 5.74) is -0.333. The van der Waals surface area contributed by atoms with Gasteiger partial charge in [0.1, 0.15) is 6.10 Å². The summed E-state index contributed by atoms with van der Waals surface area (Å²) in [5.74, 6) is 0. The molecule has 96 valence electrons. The maximum Gasteiger partial charge on any atom is 0.106 e. The lowest BCUT2D eigenvalue weighted by Gasteiger charge is -2.40.